The summed E-state index contributed by atoms with van der Waals surface area (Å²) in [5, 5.41) is 2.07. The molecule has 0 saturated carbocycles. The maximum atomic E-state index is 14.5. The third kappa shape index (κ3) is 8.87. The normalized spacial score (nSPS) is 16.7. The van der Waals surface area contributed by atoms with E-state index in [0.29, 0.717) is 23.6 Å². The predicted molar refractivity (Wildman–Crippen MR) is 194 cm³/mol. The highest BCUT2D eigenvalue weighted by molar-refractivity contribution is 9.10. The standard InChI is InChI=1S/C38H55BrN2O2S/c1-4-7-10-13-15-18-21-29(20-17-12-9-6-3)28-41-33-27-30(39)22-23-31(33)34(37(41)42)35-36-32(24-26-44-36)40(38(35)43)25-19-16-14-11-8-5-2/h22-24,26-27,29H,4-21,25,28H2,1-3H3/b35-34-. The highest BCUT2D eigenvalue weighted by Crippen LogP contribution is 2.49. The third-order valence-electron chi connectivity index (χ3n) is 9.46. The number of carbonyl (C=O) groups excluding carboxylic acids is 2. The Morgan fingerprint density at radius 2 is 1.23 bits per heavy atom. The molecule has 2 aliphatic heterocycles. The Morgan fingerprint density at radius 1 is 0.659 bits per heavy atom. The molecule has 3 heterocycles. The molecule has 0 N–H and O–H groups in total. The third-order valence-corrected chi connectivity index (χ3v) is 10.9. The lowest BCUT2D eigenvalue weighted by molar-refractivity contribution is -0.114. The van der Waals surface area contributed by atoms with Crippen molar-refractivity contribution in [3.8, 4) is 0 Å². The van der Waals surface area contributed by atoms with E-state index in [9.17, 15) is 9.59 Å². The Balaban J connectivity index is 1.56. The maximum absolute atomic E-state index is 14.5. The molecule has 0 radical (unpaired) electrons. The van der Waals surface area contributed by atoms with E-state index in [1.54, 1.807) is 11.3 Å². The maximum Gasteiger partial charge on any atom is 0.260 e. The quantitative estimate of drug-likeness (QED) is 0.0971. The molecule has 0 fully saturated rings. The van der Waals surface area contributed by atoms with Gasteiger partial charge >= 0.3 is 0 Å². The monoisotopic (exact) mass is 682 g/mol. The number of hydrogen-bond donors (Lipinski definition) is 0. The number of unbranched alkanes of at least 4 members (excludes halogenated alkanes) is 13. The molecule has 1 aromatic heterocycles. The van der Waals surface area contributed by atoms with Gasteiger partial charge in [-0.3, -0.25) is 9.59 Å². The predicted octanol–water partition coefficient (Wildman–Crippen LogP) is 11.8. The number of benzene rings is 1. The second-order valence-corrected chi connectivity index (χ2v) is 14.8. The van der Waals surface area contributed by atoms with Crippen LogP contribution in [0.2, 0.25) is 0 Å². The fourth-order valence-corrected chi connectivity index (χ4v) is 8.20. The van der Waals surface area contributed by atoms with Gasteiger partial charge < -0.3 is 9.80 Å². The second-order valence-electron chi connectivity index (χ2n) is 13.0. The Morgan fingerprint density at radius 3 is 1.89 bits per heavy atom. The fraction of sp³-hybridized carbons (Fsp3) is 0.632. The SMILES string of the molecule is CCCCCCCCC(CCCCCC)CN1C(=O)/C(=C2\C(=O)N(CCCCCCCC)c3ccsc32)c2ccc(Br)cc21. The number of amides is 2. The summed E-state index contributed by atoms with van der Waals surface area (Å²) in [6.45, 7) is 8.21. The number of fused-ring (bicyclic) bond motifs is 2. The fourth-order valence-electron chi connectivity index (χ4n) is 6.92. The van der Waals surface area contributed by atoms with Crippen LogP contribution in [0.5, 0.6) is 0 Å². The van der Waals surface area contributed by atoms with Crippen molar-refractivity contribution < 1.29 is 9.59 Å². The lowest BCUT2D eigenvalue weighted by Crippen LogP contribution is -2.33. The summed E-state index contributed by atoms with van der Waals surface area (Å²) < 4.78 is 0.968. The molecule has 4 rings (SSSR count). The smallest absolute Gasteiger partial charge is 0.260 e. The van der Waals surface area contributed by atoms with E-state index in [0.717, 1.165) is 58.5 Å². The van der Waals surface area contributed by atoms with Crippen molar-refractivity contribution in [3.05, 3.63) is 44.6 Å². The molecular weight excluding hydrogens is 628 g/mol. The lowest BCUT2D eigenvalue weighted by Gasteiger charge is -2.25. The first-order valence-electron chi connectivity index (χ1n) is 17.8. The summed E-state index contributed by atoms with van der Waals surface area (Å²) in [6, 6.07) is 8.20. The summed E-state index contributed by atoms with van der Waals surface area (Å²) in [5.41, 5.74) is 4.07. The zero-order valence-corrected chi connectivity index (χ0v) is 30.0. The average Bonchev–Trinajstić information content (AvgIpc) is 3.66. The van der Waals surface area contributed by atoms with Gasteiger partial charge in [-0.1, -0.05) is 139 Å². The van der Waals surface area contributed by atoms with Gasteiger partial charge in [0.2, 0.25) is 0 Å². The van der Waals surface area contributed by atoms with Gasteiger partial charge in [-0.05, 0) is 48.8 Å². The van der Waals surface area contributed by atoms with Crippen LogP contribution < -0.4 is 9.80 Å². The number of thiophene rings is 1. The van der Waals surface area contributed by atoms with Gasteiger partial charge in [0, 0.05) is 23.1 Å². The van der Waals surface area contributed by atoms with Crippen LogP contribution in [0.15, 0.2) is 34.1 Å². The van der Waals surface area contributed by atoms with Gasteiger partial charge in [0.15, 0.2) is 0 Å². The van der Waals surface area contributed by atoms with E-state index in [1.165, 1.54) is 89.9 Å². The van der Waals surface area contributed by atoms with E-state index >= 15 is 0 Å². The van der Waals surface area contributed by atoms with Gasteiger partial charge in [-0.2, -0.15) is 0 Å². The van der Waals surface area contributed by atoms with Crippen molar-refractivity contribution in [2.24, 2.45) is 5.92 Å². The number of hydrogen-bond acceptors (Lipinski definition) is 3. The topological polar surface area (TPSA) is 40.6 Å². The summed E-state index contributed by atoms with van der Waals surface area (Å²) >= 11 is 5.27. The van der Waals surface area contributed by atoms with Crippen LogP contribution in [-0.2, 0) is 9.59 Å². The Bertz CT molecular complexity index is 1250. The molecule has 0 spiro atoms. The van der Waals surface area contributed by atoms with Crippen LogP contribution in [0.4, 0.5) is 11.4 Å². The Labute approximate surface area is 279 Å². The molecular formula is C38H55BrN2O2S. The molecule has 2 aliphatic rings. The summed E-state index contributed by atoms with van der Waals surface area (Å²) in [7, 11) is 0. The zero-order valence-electron chi connectivity index (χ0n) is 27.6. The molecule has 6 heteroatoms. The highest BCUT2D eigenvalue weighted by Gasteiger charge is 2.43. The first-order valence-corrected chi connectivity index (χ1v) is 19.4. The van der Waals surface area contributed by atoms with Crippen LogP contribution in [-0.4, -0.2) is 24.9 Å². The number of anilines is 2. The molecule has 44 heavy (non-hydrogen) atoms. The minimum absolute atomic E-state index is 0.00247. The molecule has 4 nitrogen and oxygen atoms in total. The largest absolute Gasteiger partial charge is 0.307 e. The average molecular weight is 684 g/mol. The zero-order chi connectivity index (χ0) is 31.3. The second kappa shape index (κ2) is 18.3. The van der Waals surface area contributed by atoms with Crippen LogP contribution in [0.25, 0.3) is 11.1 Å². The molecule has 0 bridgehead atoms. The Kier molecular flexibility index (Phi) is 14.5. The molecule has 2 amide bonds. The first kappa shape index (κ1) is 34.9. The summed E-state index contributed by atoms with van der Waals surface area (Å²) in [4.78, 5) is 33.4. The van der Waals surface area contributed by atoms with Crippen LogP contribution in [0, 0.1) is 5.92 Å². The van der Waals surface area contributed by atoms with E-state index in [-0.39, 0.29) is 11.8 Å². The minimum Gasteiger partial charge on any atom is -0.307 e. The van der Waals surface area contributed by atoms with Crippen LogP contribution in [0.3, 0.4) is 0 Å². The highest BCUT2D eigenvalue weighted by atomic mass is 79.9. The molecule has 1 unspecified atom stereocenters. The molecule has 1 aromatic carbocycles. The molecule has 1 atom stereocenters. The van der Waals surface area contributed by atoms with Gasteiger partial charge in [0.05, 0.1) is 27.4 Å². The van der Waals surface area contributed by atoms with Gasteiger partial charge in [-0.25, -0.2) is 0 Å². The molecule has 242 valence electrons. The number of carbonyl (C=O) groups is 2. The van der Waals surface area contributed by atoms with E-state index in [2.05, 4.69) is 54.2 Å². The van der Waals surface area contributed by atoms with Crippen molar-refractivity contribution in [1.29, 1.82) is 0 Å². The number of halogens is 1. The van der Waals surface area contributed by atoms with Gasteiger partial charge in [0.25, 0.3) is 11.8 Å². The van der Waals surface area contributed by atoms with E-state index in [1.807, 2.05) is 21.9 Å². The minimum atomic E-state index is 0.00247. The molecule has 2 aromatic rings. The van der Waals surface area contributed by atoms with E-state index in [4.69, 9.17) is 0 Å². The first-order chi connectivity index (χ1) is 21.5. The van der Waals surface area contributed by atoms with Crippen LogP contribution >= 0.6 is 27.3 Å². The Hall–Kier alpha value is -1.92. The summed E-state index contributed by atoms with van der Waals surface area (Å²) in [5.74, 6) is 0.477. The van der Waals surface area contributed by atoms with Crippen molar-refractivity contribution in [2.75, 3.05) is 22.9 Å². The van der Waals surface area contributed by atoms with E-state index < -0.39 is 0 Å². The number of nitrogens with zero attached hydrogens (tertiary/aromatic N) is 2. The van der Waals surface area contributed by atoms with Crippen molar-refractivity contribution in [2.45, 2.75) is 136 Å². The van der Waals surface area contributed by atoms with Gasteiger partial charge in [-0.15, -0.1) is 11.3 Å². The molecule has 0 aliphatic carbocycles. The number of rotatable bonds is 21. The van der Waals surface area contributed by atoms with Crippen LogP contribution in [0.1, 0.15) is 147 Å². The molecule has 0 saturated heterocycles. The van der Waals surface area contributed by atoms with Crippen molar-refractivity contribution in [3.63, 3.8) is 0 Å². The van der Waals surface area contributed by atoms with Gasteiger partial charge in [0.1, 0.15) is 0 Å². The summed E-state index contributed by atoms with van der Waals surface area (Å²) in [6.07, 6.45) is 22.2. The lowest BCUT2D eigenvalue weighted by atomic mass is 9.93. The van der Waals surface area contributed by atoms with Crippen molar-refractivity contribution >= 4 is 61.6 Å². The van der Waals surface area contributed by atoms with Crippen molar-refractivity contribution in [1.82, 2.24) is 0 Å².